The zero-order chi connectivity index (χ0) is 13.5. The Labute approximate surface area is 120 Å². The summed E-state index contributed by atoms with van der Waals surface area (Å²) in [7, 11) is 0. The highest BCUT2D eigenvalue weighted by Crippen LogP contribution is 2.21. The first-order valence-electron chi connectivity index (χ1n) is 7.12. The van der Waals surface area contributed by atoms with Crippen LogP contribution < -0.4 is 5.32 Å². The summed E-state index contributed by atoms with van der Waals surface area (Å²) in [6.07, 6.45) is 3.51. The summed E-state index contributed by atoms with van der Waals surface area (Å²) in [5.41, 5.74) is 2.74. The standard InChI is InChI=1S/C17H23NS/c1-3-12-18-17(11-10-16-5-4-13-19-16)15-8-6-14(2)7-9-15/h4-9,13,17-18H,3,10-12H2,1-2H3. The minimum Gasteiger partial charge on any atom is -0.310 e. The lowest BCUT2D eigenvalue weighted by atomic mass is 10.00. The largest absolute Gasteiger partial charge is 0.310 e. The van der Waals surface area contributed by atoms with Crippen LogP contribution in [-0.2, 0) is 6.42 Å². The fourth-order valence-electron chi connectivity index (χ4n) is 2.25. The van der Waals surface area contributed by atoms with Crippen molar-refractivity contribution in [2.45, 2.75) is 39.2 Å². The number of nitrogens with one attached hydrogen (secondary N) is 1. The molecule has 0 saturated heterocycles. The predicted molar refractivity (Wildman–Crippen MR) is 84.9 cm³/mol. The van der Waals surface area contributed by atoms with Gasteiger partial charge in [0.15, 0.2) is 0 Å². The van der Waals surface area contributed by atoms with Crippen LogP contribution in [0.25, 0.3) is 0 Å². The van der Waals surface area contributed by atoms with Crippen molar-refractivity contribution in [2.75, 3.05) is 6.54 Å². The van der Waals surface area contributed by atoms with E-state index >= 15 is 0 Å². The first-order chi connectivity index (χ1) is 9.29. The zero-order valence-corrected chi connectivity index (χ0v) is 12.7. The Morgan fingerprint density at radius 2 is 1.95 bits per heavy atom. The second kappa shape index (κ2) is 7.46. The van der Waals surface area contributed by atoms with Crippen LogP contribution in [0.3, 0.4) is 0 Å². The average Bonchev–Trinajstić information content (AvgIpc) is 2.93. The van der Waals surface area contributed by atoms with Gasteiger partial charge >= 0.3 is 0 Å². The van der Waals surface area contributed by atoms with Crippen molar-refractivity contribution >= 4 is 11.3 Å². The smallest absolute Gasteiger partial charge is 0.0323 e. The number of rotatable bonds is 7. The van der Waals surface area contributed by atoms with Crippen molar-refractivity contribution in [1.82, 2.24) is 5.32 Å². The van der Waals surface area contributed by atoms with E-state index in [2.05, 4.69) is 60.9 Å². The number of hydrogen-bond acceptors (Lipinski definition) is 2. The SMILES string of the molecule is CCCNC(CCc1cccs1)c1ccc(C)cc1. The van der Waals surface area contributed by atoms with Gasteiger partial charge in [-0.2, -0.15) is 0 Å². The Hall–Kier alpha value is -1.12. The van der Waals surface area contributed by atoms with Gasteiger partial charge in [0.25, 0.3) is 0 Å². The van der Waals surface area contributed by atoms with E-state index < -0.39 is 0 Å². The number of hydrogen-bond donors (Lipinski definition) is 1. The van der Waals surface area contributed by atoms with Crippen molar-refractivity contribution < 1.29 is 0 Å². The summed E-state index contributed by atoms with van der Waals surface area (Å²) in [5, 5.41) is 5.83. The van der Waals surface area contributed by atoms with E-state index in [4.69, 9.17) is 0 Å². The minimum atomic E-state index is 0.475. The molecular weight excluding hydrogens is 250 g/mol. The Morgan fingerprint density at radius 1 is 1.16 bits per heavy atom. The summed E-state index contributed by atoms with van der Waals surface area (Å²) >= 11 is 1.86. The maximum atomic E-state index is 3.67. The Kier molecular flexibility index (Phi) is 5.62. The molecule has 0 bridgehead atoms. The van der Waals surface area contributed by atoms with Gasteiger partial charge in [-0.3, -0.25) is 0 Å². The van der Waals surface area contributed by atoms with Gasteiger partial charge < -0.3 is 5.32 Å². The summed E-state index contributed by atoms with van der Waals surface area (Å²) in [4.78, 5) is 1.48. The van der Waals surface area contributed by atoms with Crippen molar-refractivity contribution in [3.8, 4) is 0 Å². The summed E-state index contributed by atoms with van der Waals surface area (Å²) in [6.45, 7) is 5.45. The minimum absolute atomic E-state index is 0.475. The van der Waals surface area contributed by atoms with Gasteiger partial charge in [0.05, 0.1) is 0 Å². The van der Waals surface area contributed by atoms with E-state index in [-0.39, 0.29) is 0 Å². The highest BCUT2D eigenvalue weighted by atomic mass is 32.1. The second-order valence-corrected chi connectivity index (χ2v) is 6.07. The number of aryl methyl sites for hydroxylation is 2. The van der Waals surface area contributed by atoms with Crippen molar-refractivity contribution in [2.24, 2.45) is 0 Å². The van der Waals surface area contributed by atoms with Gasteiger partial charge in [-0.15, -0.1) is 11.3 Å². The molecule has 0 aliphatic rings. The molecule has 2 aromatic rings. The van der Waals surface area contributed by atoms with Gasteiger partial charge in [0.1, 0.15) is 0 Å². The molecule has 0 fully saturated rings. The normalized spacial score (nSPS) is 12.5. The van der Waals surface area contributed by atoms with Crippen LogP contribution in [0.4, 0.5) is 0 Å². The van der Waals surface area contributed by atoms with E-state index in [9.17, 15) is 0 Å². The highest BCUT2D eigenvalue weighted by molar-refractivity contribution is 7.09. The molecule has 1 N–H and O–H groups in total. The zero-order valence-electron chi connectivity index (χ0n) is 11.9. The fourth-order valence-corrected chi connectivity index (χ4v) is 2.97. The third kappa shape index (κ3) is 4.48. The maximum Gasteiger partial charge on any atom is 0.0323 e. The maximum absolute atomic E-state index is 3.67. The average molecular weight is 273 g/mol. The van der Waals surface area contributed by atoms with E-state index in [1.54, 1.807) is 0 Å². The molecule has 2 heteroatoms. The lowest BCUT2D eigenvalue weighted by Crippen LogP contribution is -2.22. The molecule has 0 spiro atoms. The van der Waals surface area contributed by atoms with E-state index in [1.807, 2.05) is 11.3 Å². The molecule has 1 aromatic heterocycles. The lowest BCUT2D eigenvalue weighted by Gasteiger charge is -2.19. The topological polar surface area (TPSA) is 12.0 Å². The molecule has 0 saturated carbocycles. The summed E-state index contributed by atoms with van der Waals surface area (Å²) < 4.78 is 0. The molecule has 0 aliphatic heterocycles. The Balaban J connectivity index is 2.00. The summed E-state index contributed by atoms with van der Waals surface area (Å²) in [5.74, 6) is 0. The molecule has 1 nitrogen and oxygen atoms in total. The first kappa shape index (κ1) is 14.3. The van der Waals surface area contributed by atoms with Gasteiger partial charge in [0, 0.05) is 10.9 Å². The quantitative estimate of drug-likeness (QED) is 0.769. The van der Waals surface area contributed by atoms with E-state index in [1.165, 1.54) is 28.8 Å². The molecule has 1 atom stereocenters. The summed E-state index contributed by atoms with van der Waals surface area (Å²) in [6, 6.07) is 13.8. The van der Waals surface area contributed by atoms with Crippen LogP contribution in [0, 0.1) is 6.92 Å². The third-order valence-electron chi connectivity index (χ3n) is 3.38. The van der Waals surface area contributed by atoms with Gasteiger partial charge in [-0.1, -0.05) is 42.8 Å². The number of benzene rings is 1. The van der Waals surface area contributed by atoms with Crippen molar-refractivity contribution in [3.63, 3.8) is 0 Å². The van der Waals surface area contributed by atoms with E-state index in [0.29, 0.717) is 6.04 Å². The van der Waals surface area contributed by atoms with Crippen molar-refractivity contribution in [3.05, 3.63) is 57.8 Å². The van der Waals surface area contributed by atoms with Crippen LogP contribution in [0.2, 0.25) is 0 Å². The monoisotopic (exact) mass is 273 g/mol. The molecular formula is C17H23NS. The van der Waals surface area contributed by atoms with Crippen LogP contribution in [0.1, 0.15) is 41.8 Å². The molecule has 0 aliphatic carbocycles. The van der Waals surface area contributed by atoms with Crippen LogP contribution in [0.15, 0.2) is 41.8 Å². The fraction of sp³-hybridized carbons (Fsp3) is 0.412. The second-order valence-electron chi connectivity index (χ2n) is 5.04. The van der Waals surface area contributed by atoms with Crippen LogP contribution >= 0.6 is 11.3 Å². The van der Waals surface area contributed by atoms with Crippen LogP contribution in [-0.4, -0.2) is 6.54 Å². The van der Waals surface area contributed by atoms with Crippen molar-refractivity contribution in [1.29, 1.82) is 0 Å². The molecule has 102 valence electrons. The number of thiophene rings is 1. The van der Waals surface area contributed by atoms with E-state index in [0.717, 1.165) is 13.0 Å². The van der Waals surface area contributed by atoms with Gasteiger partial charge in [-0.25, -0.2) is 0 Å². The first-order valence-corrected chi connectivity index (χ1v) is 8.00. The third-order valence-corrected chi connectivity index (χ3v) is 4.32. The Morgan fingerprint density at radius 3 is 2.58 bits per heavy atom. The molecule has 1 unspecified atom stereocenters. The predicted octanol–water partition coefficient (Wildman–Crippen LogP) is 4.73. The molecule has 2 rings (SSSR count). The molecule has 1 heterocycles. The molecule has 1 aromatic carbocycles. The van der Waals surface area contributed by atoms with Gasteiger partial charge in [-0.05, 0) is 49.7 Å². The Bertz CT molecular complexity index is 459. The highest BCUT2D eigenvalue weighted by Gasteiger charge is 2.10. The van der Waals surface area contributed by atoms with Gasteiger partial charge in [0.2, 0.25) is 0 Å². The molecule has 0 radical (unpaired) electrons. The lowest BCUT2D eigenvalue weighted by molar-refractivity contribution is 0.500. The molecule has 0 amide bonds. The molecule has 19 heavy (non-hydrogen) atoms. The van der Waals surface area contributed by atoms with Crippen LogP contribution in [0.5, 0.6) is 0 Å².